The van der Waals surface area contributed by atoms with E-state index in [9.17, 15) is 0 Å². The highest BCUT2D eigenvalue weighted by Gasteiger charge is 2.31. The Kier molecular flexibility index (Phi) is 4.07. The van der Waals surface area contributed by atoms with Gasteiger partial charge in [0, 0.05) is 6.54 Å². The van der Waals surface area contributed by atoms with Gasteiger partial charge in [-0.15, -0.1) is 0 Å². The number of hydrogen-bond donors (Lipinski definition) is 1. The highest BCUT2D eigenvalue weighted by Crippen LogP contribution is 2.39. The molecule has 0 aromatic rings. The molecule has 0 unspecified atom stereocenters. The van der Waals surface area contributed by atoms with Crippen LogP contribution in [0.3, 0.4) is 0 Å². The first kappa shape index (κ1) is 11.4. The molecular weight excluding hydrogens is 182 g/mol. The van der Waals surface area contributed by atoms with Crippen molar-refractivity contribution in [3.05, 3.63) is 0 Å². The van der Waals surface area contributed by atoms with Crippen molar-refractivity contribution in [2.75, 3.05) is 13.1 Å². The van der Waals surface area contributed by atoms with E-state index in [2.05, 4.69) is 12.2 Å². The topological polar surface area (TPSA) is 12.0 Å². The highest BCUT2D eigenvalue weighted by atomic mass is 14.9. The normalized spacial score (nSPS) is 27.0. The maximum Gasteiger partial charge on any atom is 0.000527 e. The molecule has 1 heteroatoms. The van der Waals surface area contributed by atoms with Crippen molar-refractivity contribution in [3.8, 4) is 0 Å². The van der Waals surface area contributed by atoms with Crippen molar-refractivity contribution in [3.63, 3.8) is 0 Å². The van der Waals surface area contributed by atoms with E-state index in [4.69, 9.17) is 0 Å². The Morgan fingerprint density at radius 3 is 2.20 bits per heavy atom. The van der Waals surface area contributed by atoms with E-state index in [1.165, 1.54) is 70.9 Å². The fourth-order valence-electron chi connectivity index (χ4n) is 3.10. The standard InChI is InChI=1S/C14H27N/c1-14(9-6-10-14)12-15-11-13-7-4-2-3-5-8-13/h13,15H,2-12H2,1H3. The predicted octanol–water partition coefficient (Wildman–Crippen LogP) is 3.74. The molecule has 0 aromatic heterocycles. The Hall–Kier alpha value is -0.0400. The van der Waals surface area contributed by atoms with Crippen molar-refractivity contribution >= 4 is 0 Å². The summed E-state index contributed by atoms with van der Waals surface area (Å²) >= 11 is 0. The van der Waals surface area contributed by atoms with E-state index in [1.54, 1.807) is 0 Å². The van der Waals surface area contributed by atoms with E-state index in [0.29, 0.717) is 5.41 Å². The minimum Gasteiger partial charge on any atom is -0.316 e. The zero-order chi connectivity index (χ0) is 10.6. The molecule has 0 amide bonds. The maximum absolute atomic E-state index is 3.73. The zero-order valence-electron chi connectivity index (χ0n) is 10.4. The van der Waals surface area contributed by atoms with Crippen LogP contribution in [0.5, 0.6) is 0 Å². The first-order valence-electron chi connectivity index (χ1n) is 6.99. The molecule has 0 aromatic carbocycles. The molecule has 2 aliphatic carbocycles. The molecule has 0 saturated heterocycles. The molecule has 0 bridgehead atoms. The summed E-state index contributed by atoms with van der Waals surface area (Å²) in [5.41, 5.74) is 0.657. The summed E-state index contributed by atoms with van der Waals surface area (Å²) in [4.78, 5) is 0. The van der Waals surface area contributed by atoms with E-state index < -0.39 is 0 Å². The molecule has 0 spiro atoms. The van der Waals surface area contributed by atoms with Crippen LogP contribution in [0.2, 0.25) is 0 Å². The zero-order valence-corrected chi connectivity index (χ0v) is 10.4. The molecule has 0 aliphatic heterocycles. The van der Waals surface area contributed by atoms with Crippen LogP contribution in [0, 0.1) is 11.3 Å². The minimum absolute atomic E-state index is 0.657. The van der Waals surface area contributed by atoms with Crippen LogP contribution in [0.1, 0.15) is 64.7 Å². The number of nitrogens with one attached hydrogen (secondary N) is 1. The summed E-state index contributed by atoms with van der Waals surface area (Å²) in [6, 6.07) is 0. The second kappa shape index (κ2) is 5.34. The van der Waals surface area contributed by atoms with Crippen LogP contribution in [-0.2, 0) is 0 Å². The summed E-state index contributed by atoms with van der Waals surface area (Å²) in [6.07, 6.45) is 13.2. The molecule has 0 radical (unpaired) electrons. The van der Waals surface area contributed by atoms with Crippen molar-refractivity contribution in [2.45, 2.75) is 64.7 Å². The molecule has 88 valence electrons. The van der Waals surface area contributed by atoms with Gasteiger partial charge in [0.1, 0.15) is 0 Å². The van der Waals surface area contributed by atoms with E-state index in [1.807, 2.05) is 0 Å². The molecule has 1 N–H and O–H groups in total. The van der Waals surface area contributed by atoms with Crippen molar-refractivity contribution in [1.29, 1.82) is 0 Å². The van der Waals surface area contributed by atoms with Gasteiger partial charge in [0.15, 0.2) is 0 Å². The predicted molar refractivity (Wildman–Crippen MR) is 66.0 cm³/mol. The lowest BCUT2D eigenvalue weighted by Gasteiger charge is -2.39. The van der Waals surface area contributed by atoms with Gasteiger partial charge in [0.05, 0.1) is 0 Å². The summed E-state index contributed by atoms with van der Waals surface area (Å²) in [6.45, 7) is 5.00. The molecule has 2 aliphatic rings. The van der Waals surface area contributed by atoms with Gasteiger partial charge < -0.3 is 5.32 Å². The van der Waals surface area contributed by atoms with Gasteiger partial charge in [0.2, 0.25) is 0 Å². The monoisotopic (exact) mass is 209 g/mol. The SMILES string of the molecule is CC1(CNCC2CCCCCC2)CCC1. The van der Waals surface area contributed by atoms with Crippen LogP contribution in [-0.4, -0.2) is 13.1 Å². The average molecular weight is 209 g/mol. The van der Waals surface area contributed by atoms with Gasteiger partial charge in [-0.05, 0) is 43.6 Å². The second-order valence-corrected chi connectivity index (χ2v) is 6.15. The van der Waals surface area contributed by atoms with Crippen LogP contribution in [0.25, 0.3) is 0 Å². The Bertz CT molecular complexity index is 176. The summed E-state index contributed by atoms with van der Waals surface area (Å²) in [7, 11) is 0. The molecule has 0 atom stereocenters. The smallest absolute Gasteiger partial charge is 0.000527 e. The van der Waals surface area contributed by atoms with Gasteiger partial charge in [-0.1, -0.05) is 39.0 Å². The van der Waals surface area contributed by atoms with E-state index >= 15 is 0 Å². The van der Waals surface area contributed by atoms with Crippen molar-refractivity contribution in [1.82, 2.24) is 5.32 Å². The lowest BCUT2D eigenvalue weighted by atomic mass is 9.70. The Morgan fingerprint density at radius 2 is 1.67 bits per heavy atom. The lowest BCUT2D eigenvalue weighted by Crippen LogP contribution is -2.39. The minimum atomic E-state index is 0.657. The number of rotatable bonds is 4. The molecule has 15 heavy (non-hydrogen) atoms. The summed E-state index contributed by atoms with van der Waals surface area (Å²) in [5, 5.41) is 3.73. The van der Waals surface area contributed by atoms with Gasteiger partial charge in [-0.25, -0.2) is 0 Å². The third kappa shape index (κ3) is 3.48. The third-order valence-electron chi connectivity index (χ3n) is 4.52. The van der Waals surface area contributed by atoms with E-state index in [0.717, 1.165) is 5.92 Å². The van der Waals surface area contributed by atoms with Gasteiger partial charge in [0.25, 0.3) is 0 Å². The fraction of sp³-hybridized carbons (Fsp3) is 1.00. The Labute approximate surface area is 95.0 Å². The Balaban J connectivity index is 1.59. The molecular formula is C14H27N. The second-order valence-electron chi connectivity index (χ2n) is 6.15. The van der Waals surface area contributed by atoms with E-state index in [-0.39, 0.29) is 0 Å². The van der Waals surface area contributed by atoms with Gasteiger partial charge >= 0.3 is 0 Å². The number of hydrogen-bond acceptors (Lipinski definition) is 1. The van der Waals surface area contributed by atoms with Crippen molar-refractivity contribution in [2.24, 2.45) is 11.3 Å². The first-order valence-corrected chi connectivity index (χ1v) is 6.99. The van der Waals surface area contributed by atoms with Crippen LogP contribution in [0.15, 0.2) is 0 Å². The molecule has 2 fully saturated rings. The Morgan fingerprint density at radius 1 is 1.00 bits per heavy atom. The fourth-order valence-corrected chi connectivity index (χ4v) is 3.10. The van der Waals surface area contributed by atoms with Crippen molar-refractivity contribution < 1.29 is 0 Å². The summed E-state index contributed by atoms with van der Waals surface area (Å²) < 4.78 is 0. The molecule has 1 nitrogen and oxygen atoms in total. The first-order chi connectivity index (χ1) is 7.29. The highest BCUT2D eigenvalue weighted by molar-refractivity contribution is 4.85. The summed E-state index contributed by atoms with van der Waals surface area (Å²) in [5.74, 6) is 0.983. The largest absolute Gasteiger partial charge is 0.316 e. The van der Waals surface area contributed by atoms with Gasteiger partial charge in [-0.3, -0.25) is 0 Å². The lowest BCUT2D eigenvalue weighted by molar-refractivity contribution is 0.154. The van der Waals surface area contributed by atoms with Crippen LogP contribution in [0.4, 0.5) is 0 Å². The maximum atomic E-state index is 3.73. The van der Waals surface area contributed by atoms with Gasteiger partial charge in [-0.2, -0.15) is 0 Å². The van der Waals surface area contributed by atoms with Crippen LogP contribution >= 0.6 is 0 Å². The molecule has 0 heterocycles. The third-order valence-corrected chi connectivity index (χ3v) is 4.52. The quantitative estimate of drug-likeness (QED) is 0.696. The average Bonchev–Trinajstić information content (AvgIpc) is 2.44. The molecule has 2 rings (SSSR count). The molecule has 2 saturated carbocycles. The van der Waals surface area contributed by atoms with Crippen LogP contribution < -0.4 is 5.32 Å².